The highest BCUT2D eigenvalue weighted by atomic mass is 35.5. The summed E-state index contributed by atoms with van der Waals surface area (Å²) < 4.78 is 5.20. The third kappa shape index (κ3) is 5.11. The van der Waals surface area contributed by atoms with Gasteiger partial charge >= 0.3 is 12.0 Å². The molecule has 1 unspecified atom stereocenters. The molecule has 0 saturated carbocycles. The first-order chi connectivity index (χ1) is 13.8. The van der Waals surface area contributed by atoms with E-state index in [4.69, 9.17) is 16.3 Å². The average molecular weight is 416 g/mol. The number of hydrogen-bond donors (Lipinski definition) is 2. The van der Waals surface area contributed by atoms with Crippen LogP contribution in [-0.2, 0) is 20.9 Å². The van der Waals surface area contributed by atoms with Gasteiger partial charge in [0.15, 0.2) is 6.10 Å². The molecule has 29 heavy (non-hydrogen) atoms. The zero-order valence-corrected chi connectivity index (χ0v) is 16.2. The Labute approximate surface area is 171 Å². The predicted molar refractivity (Wildman–Crippen MR) is 105 cm³/mol. The molecule has 8 nitrogen and oxygen atoms in total. The molecule has 1 fully saturated rings. The molecule has 2 aromatic carbocycles. The highest BCUT2D eigenvalue weighted by Gasteiger charge is 2.28. The molecule has 1 aliphatic heterocycles. The Morgan fingerprint density at radius 3 is 2.38 bits per heavy atom. The minimum Gasteiger partial charge on any atom is -0.449 e. The average Bonchev–Trinajstić information content (AvgIpc) is 3.02. The van der Waals surface area contributed by atoms with Crippen molar-refractivity contribution in [1.29, 1.82) is 0 Å². The number of rotatable bonds is 6. The second-order valence-corrected chi connectivity index (χ2v) is 6.82. The minimum atomic E-state index is -1.01. The van der Waals surface area contributed by atoms with Gasteiger partial charge in [-0.15, -0.1) is 0 Å². The zero-order chi connectivity index (χ0) is 21.0. The van der Waals surface area contributed by atoms with E-state index in [0.29, 0.717) is 16.3 Å². The van der Waals surface area contributed by atoms with Crippen molar-refractivity contribution in [3.8, 4) is 0 Å². The van der Waals surface area contributed by atoms with E-state index in [-0.39, 0.29) is 24.6 Å². The molecule has 0 aliphatic carbocycles. The van der Waals surface area contributed by atoms with E-state index in [0.717, 1.165) is 4.90 Å². The molecule has 0 bridgehead atoms. The normalized spacial score (nSPS) is 14.3. The molecule has 1 heterocycles. The number of nitrogens with one attached hydrogen (secondary N) is 2. The fourth-order valence-corrected chi connectivity index (χ4v) is 2.73. The second-order valence-electron chi connectivity index (χ2n) is 6.38. The molecule has 1 aliphatic rings. The number of anilines is 1. The summed E-state index contributed by atoms with van der Waals surface area (Å²) in [6.07, 6.45) is -1.01. The number of carbonyl (C=O) groups is 4. The molecule has 3 rings (SSSR count). The number of urea groups is 1. The van der Waals surface area contributed by atoms with Gasteiger partial charge in [-0.1, -0.05) is 23.7 Å². The monoisotopic (exact) mass is 415 g/mol. The summed E-state index contributed by atoms with van der Waals surface area (Å²) in [4.78, 5) is 48.7. The summed E-state index contributed by atoms with van der Waals surface area (Å²) in [7, 11) is 0. The highest BCUT2D eigenvalue weighted by Crippen LogP contribution is 2.15. The van der Waals surface area contributed by atoms with E-state index in [1.54, 1.807) is 36.4 Å². The van der Waals surface area contributed by atoms with Crippen molar-refractivity contribution >= 4 is 41.1 Å². The lowest BCUT2D eigenvalue weighted by Gasteiger charge is -2.14. The maximum Gasteiger partial charge on any atom is 0.338 e. The SMILES string of the molecule is CC(OC(=O)c1ccc(CN2C(=O)CNC2=O)cc1)C(=O)Nc1ccc(Cl)cc1. The van der Waals surface area contributed by atoms with Crippen LogP contribution in [0.3, 0.4) is 0 Å². The van der Waals surface area contributed by atoms with Crippen LogP contribution in [0.25, 0.3) is 0 Å². The van der Waals surface area contributed by atoms with Crippen LogP contribution in [0.1, 0.15) is 22.8 Å². The zero-order valence-electron chi connectivity index (χ0n) is 15.5. The Bertz CT molecular complexity index is 928. The van der Waals surface area contributed by atoms with Crippen molar-refractivity contribution in [2.75, 3.05) is 11.9 Å². The standard InChI is InChI=1S/C20H18ClN3O5/c1-12(18(26)23-16-8-6-15(21)7-9-16)29-19(27)14-4-2-13(3-5-14)11-24-17(25)10-22-20(24)28/h2-9,12H,10-11H2,1H3,(H,22,28)(H,23,26). The Kier molecular flexibility index (Phi) is 6.13. The van der Waals surface area contributed by atoms with E-state index >= 15 is 0 Å². The van der Waals surface area contributed by atoms with Gasteiger partial charge < -0.3 is 15.4 Å². The number of imide groups is 1. The van der Waals surface area contributed by atoms with E-state index in [1.807, 2.05) is 0 Å². The van der Waals surface area contributed by atoms with E-state index < -0.39 is 24.0 Å². The Balaban J connectivity index is 1.55. The molecule has 0 spiro atoms. The molecule has 4 amide bonds. The molecular weight excluding hydrogens is 398 g/mol. The lowest BCUT2D eigenvalue weighted by atomic mass is 10.1. The van der Waals surface area contributed by atoms with Gasteiger partial charge in [0.2, 0.25) is 5.91 Å². The van der Waals surface area contributed by atoms with Crippen LogP contribution in [0, 0.1) is 0 Å². The Hall–Kier alpha value is -3.39. The Morgan fingerprint density at radius 1 is 1.14 bits per heavy atom. The third-order valence-electron chi connectivity index (χ3n) is 4.23. The summed E-state index contributed by atoms with van der Waals surface area (Å²) in [5.41, 5.74) is 1.46. The van der Waals surface area contributed by atoms with Crippen LogP contribution in [0.2, 0.25) is 5.02 Å². The van der Waals surface area contributed by atoms with Crippen molar-refractivity contribution in [1.82, 2.24) is 10.2 Å². The number of hydrogen-bond acceptors (Lipinski definition) is 5. The first kappa shape index (κ1) is 20.3. The van der Waals surface area contributed by atoms with E-state index in [2.05, 4.69) is 10.6 Å². The highest BCUT2D eigenvalue weighted by molar-refractivity contribution is 6.30. The van der Waals surface area contributed by atoms with Crippen LogP contribution in [0.5, 0.6) is 0 Å². The molecular formula is C20H18ClN3O5. The van der Waals surface area contributed by atoms with Gasteiger partial charge in [0.25, 0.3) is 5.91 Å². The quantitative estimate of drug-likeness (QED) is 0.557. The lowest BCUT2D eigenvalue weighted by molar-refractivity contribution is -0.125. The van der Waals surface area contributed by atoms with Gasteiger partial charge in [-0.2, -0.15) is 0 Å². The van der Waals surface area contributed by atoms with Crippen LogP contribution < -0.4 is 10.6 Å². The van der Waals surface area contributed by atoms with Crippen LogP contribution >= 0.6 is 11.6 Å². The molecule has 0 radical (unpaired) electrons. The number of ether oxygens (including phenoxy) is 1. The van der Waals surface area contributed by atoms with Crippen molar-refractivity contribution in [2.45, 2.75) is 19.6 Å². The lowest BCUT2D eigenvalue weighted by Crippen LogP contribution is -2.30. The fourth-order valence-electron chi connectivity index (χ4n) is 2.60. The van der Waals surface area contributed by atoms with Crippen molar-refractivity contribution in [3.63, 3.8) is 0 Å². The summed E-state index contributed by atoms with van der Waals surface area (Å²) in [6, 6.07) is 12.4. The number of esters is 1. The number of carbonyl (C=O) groups excluding carboxylic acids is 4. The molecule has 150 valence electrons. The van der Waals surface area contributed by atoms with E-state index in [9.17, 15) is 19.2 Å². The second kappa shape index (κ2) is 8.74. The smallest absolute Gasteiger partial charge is 0.338 e. The number of halogens is 1. The van der Waals surface area contributed by atoms with Crippen molar-refractivity contribution < 1.29 is 23.9 Å². The number of nitrogens with zero attached hydrogens (tertiary/aromatic N) is 1. The molecule has 1 atom stereocenters. The van der Waals surface area contributed by atoms with Gasteiger partial charge in [0.05, 0.1) is 18.7 Å². The maximum absolute atomic E-state index is 12.3. The summed E-state index contributed by atoms with van der Waals surface area (Å²) in [6.45, 7) is 1.56. The molecule has 0 aromatic heterocycles. The molecule has 9 heteroatoms. The molecule has 2 N–H and O–H groups in total. The van der Waals surface area contributed by atoms with Crippen molar-refractivity contribution in [3.05, 3.63) is 64.7 Å². The van der Waals surface area contributed by atoms with Crippen LogP contribution in [0.4, 0.5) is 10.5 Å². The minimum absolute atomic E-state index is 0.0147. The predicted octanol–water partition coefficient (Wildman–Crippen LogP) is 2.58. The van der Waals surface area contributed by atoms with Crippen LogP contribution in [-0.4, -0.2) is 41.4 Å². The Morgan fingerprint density at radius 2 is 1.79 bits per heavy atom. The van der Waals surface area contributed by atoms with Crippen molar-refractivity contribution in [2.24, 2.45) is 0 Å². The van der Waals surface area contributed by atoms with Gasteiger partial charge in [-0.05, 0) is 48.9 Å². The first-order valence-electron chi connectivity index (χ1n) is 8.78. The topological polar surface area (TPSA) is 105 Å². The van der Waals surface area contributed by atoms with Gasteiger partial charge in [0, 0.05) is 10.7 Å². The van der Waals surface area contributed by atoms with Gasteiger partial charge in [0.1, 0.15) is 0 Å². The van der Waals surface area contributed by atoms with E-state index in [1.165, 1.54) is 19.1 Å². The first-order valence-corrected chi connectivity index (χ1v) is 9.16. The molecule has 2 aromatic rings. The van der Waals surface area contributed by atoms with Crippen LogP contribution in [0.15, 0.2) is 48.5 Å². The van der Waals surface area contributed by atoms with Gasteiger partial charge in [-0.25, -0.2) is 9.59 Å². The fraction of sp³-hybridized carbons (Fsp3) is 0.200. The summed E-state index contributed by atoms with van der Waals surface area (Å²) in [5, 5.41) is 5.62. The number of amides is 4. The number of benzene rings is 2. The summed E-state index contributed by atoms with van der Waals surface area (Å²) in [5.74, 6) is -1.44. The third-order valence-corrected chi connectivity index (χ3v) is 4.48. The largest absolute Gasteiger partial charge is 0.449 e. The molecule has 1 saturated heterocycles. The van der Waals surface area contributed by atoms with Gasteiger partial charge in [-0.3, -0.25) is 14.5 Å². The maximum atomic E-state index is 12.3. The summed E-state index contributed by atoms with van der Waals surface area (Å²) >= 11 is 5.80.